The van der Waals surface area contributed by atoms with Gasteiger partial charge in [0, 0.05) is 11.8 Å². The van der Waals surface area contributed by atoms with E-state index in [0.717, 1.165) is 19.3 Å². The number of nitrogens with one attached hydrogen (secondary N) is 1. The van der Waals surface area contributed by atoms with E-state index in [1.54, 1.807) is 31.2 Å². The van der Waals surface area contributed by atoms with Crippen molar-refractivity contribution in [2.75, 3.05) is 0 Å². The molecule has 1 aromatic heterocycles. The summed E-state index contributed by atoms with van der Waals surface area (Å²) in [4.78, 5) is 29.5. The first-order chi connectivity index (χ1) is 15.7. The Kier molecular flexibility index (Phi) is 5.24. The largest absolute Gasteiger partial charge is 0.508 e. The smallest absolute Gasteiger partial charge is 0.262 e. The summed E-state index contributed by atoms with van der Waals surface area (Å²) in [6.07, 6.45) is 7.72. The molecule has 6 nitrogen and oxygen atoms in total. The predicted molar refractivity (Wildman–Crippen MR) is 125 cm³/mol. The zero-order valence-electron chi connectivity index (χ0n) is 19.2. The van der Waals surface area contributed by atoms with Gasteiger partial charge in [-0.2, -0.15) is 0 Å². The fourth-order valence-electron chi connectivity index (χ4n) is 6.62. The van der Waals surface area contributed by atoms with Gasteiger partial charge in [0.15, 0.2) is 5.78 Å². The topological polar surface area (TPSA) is 99.6 Å². The number of allylic oxidation sites excluding steroid dienone is 2. The van der Waals surface area contributed by atoms with Crippen molar-refractivity contribution in [2.45, 2.75) is 51.7 Å². The summed E-state index contributed by atoms with van der Waals surface area (Å²) in [6.45, 7) is 5.98. The Balaban J connectivity index is 1.68. The number of aromatic amines is 1. The molecule has 174 valence electrons. The molecule has 6 heteroatoms. The molecule has 7 atom stereocenters. The van der Waals surface area contributed by atoms with Crippen LogP contribution in [0.15, 0.2) is 47.4 Å². The first-order valence-corrected chi connectivity index (χ1v) is 11.8. The first kappa shape index (κ1) is 22.0. The third-order valence-electron chi connectivity index (χ3n) is 8.16. The van der Waals surface area contributed by atoms with Crippen molar-refractivity contribution in [1.82, 2.24) is 4.98 Å². The van der Waals surface area contributed by atoms with E-state index in [1.165, 1.54) is 6.20 Å². The number of aromatic nitrogens is 1. The summed E-state index contributed by atoms with van der Waals surface area (Å²) in [5.41, 5.74) is -0.385. The average molecular weight is 450 g/mol. The molecular weight excluding hydrogens is 418 g/mol. The minimum atomic E-state index is -1.20. The Bertz CT molecular complexity index is 1160. The van der Waals surface area contributed by atoms with E-state index < -0.39 is 23.2 Å². The highest BCUT2D eigenvalue weighted by Crippen LogP contribution is 2.56. The van der Waals surface area contributed by atoms with Gasteiger partial charge in [-0.1, -0.05) is 37.6 Å². The molecule has 0 spiro atoms. The monoisotopic (exact) mass is 449 g/mol. The van der Waals surface area contributed by atoms with Crippen molar-refractivity contribution < 1.29 is 19.7 Å². The van der Waals surface area contributed by atoms with Gasteiger partial charge in [-0.15, -0.1) is 0 Å². The standard InChI is InChI=1S/C27H31NO5/c1-4-5-17-18-12-14(2)6-11-20(18)27(3,32)25-21(17)23(30)22-24(33-25)19(13-28-26(22)31)15-7-9-16(29)10-8-15/h4-5,7-10,13-14,17-18,20-21,25,29,32H,6,11-12H2,1-3H3,(H,28,31)/b5-4+/t14-,17+,18+,20-,21+,25+,27+/m0/s1. The lowest BCUT2D eigenvalue weighted by Crippen LogP contribution is -2.66. The van der Waals surface area contributed by atoms with Gasteiger partial charge in [-0.05, 0) is 68.1 Å². The summed E-state index contributed by atoms with van der Waals surface area (Å²) < 4.78 is 6.48. The predicted octanol–water partition coefficient (Wildman–Crippen LogP) is 4.32. The SMILES string of the molecule is C/C=C/[C@@H]1[C@H]2C[C@@H](C)CC[C@@H]2[C@@](C)(O)[C@@H]2Oc3c(-c4ccc(O)cc4)c[nH]c(=O)c3C(=O)[C@@H]12. The minimum absolute atomic E-state index is 0.0182. The van der Waals surface area contributed by atoms with Crippen LogP contribution in [0.25, 0.3) is 11.1 Å². The number of pyridine rings is 1. The van der Waals surface area contributed by atoms with Crippen LogP contribution in [0.3, 0.4) is 0 Å². The molecule has 3 N–H and O–H groups in total. The molecule has 33 heavy (non-hydrogen) atoms. The number of phenolic OH excluding ortho intramolecular Hbond substituents is 1. The summed E-state index contributed by atoms with van der Waals surface area (Å²) >= 11 is 0. The number of aliphatic hydroxyl groups is 1. The number of H-pyrrole nitrogens is 1. The van der Waals surface area contributed by atoms with E-state index in [4.69, 9.17) is 4.74 Å². The number of fused-ring (bicyclic) bond motifs is 3. The van der Waals surface area contributed by atoms with Crippen molar-refractivity contribution in [3.05, 3.63) is 58.5 Å². The van der Waals surface area contributed by atoms with Gasteiger partial charge < -0.3 is 19.9 Å². The fourth-order valence-corrected chi connectivity index (χ4v) is 6.62. The Morgan fingerprint density at radius 3 is 2.61 bits per heavy atom. The van der Waals surface area contributed by atoms with Crippen LogP contribution in [0.1, 0.15) is 50.4 Å². The zero-order valence-corrected chi connectivity index (χ0v) is 19.2. The van der Waals surface area contributed by atoms with Crippen LogP contribution in [0.5, 0.6) is 11.5 Å². The van der Waals surface area contributed by atoms with Crippen LogP contribution in [0.4, 0.5) is 0 Å². The van der Waals surface area contributed by atoms with Gasteiger partial charge in [-0.3, -0.25) is 9.59 Å². The number of Topliss-reactive ketones (excluding diaryl/α,β-unsaturated/α-hetero) is 1. The van der Waals surface area contributed by atoms with Crippen molar-refractivity contribution in [1.29, 1.82) is 0 Å². The summed E-state index contributed by atoms with van der Waals surface area (Å²) in [7, 11) is 0. The van der Waals surface area contributed by atoms with Crippen LogP contribution >= 0.6 is 0 Å². The van der Waals surface area contributed by atoms with Gasteiger partial charge in [0.05, 0.1) is 5.92 Å². The highest BCUT2D eigenvalue weighted by molar-refractivity contribution is 6.03. The molecule has 3 aliphatic rings. The quantitative estimate of drug-likeness (QED) is 0.593. The Hall–Kier alpha value is -2.86. The Morgan fingerprint density at radius 1 is 1.18 bits per heavy atom. The maximum absolute atomic E-state index is 14.0. The molecule has 0 saturated heterocycles. The number of hydrogen-bond acceptors (Lipinski definition) is 5. The number of phenols is 1. The first-order valence-electron chi connectivity index (χ1n) is 11.8. The molecule has 2 fully saturated rings. The van der Waals surface area contributed by atoms with E-state index in [2.05, 4.69) is 18.0 Å². The number of ketones is 1. The molecular formula is C27H31NO5. The third-order valence-corrected chi connectivity index (χ3v) is 8.16. The Morgan fingerprint density at radius 2 is 1.91 bits per heavy atom. The fraction of sp³-hybridized carbons (Fsp3) is 0.481. The molecule has 2 aliphatic carbocycles. The lowest BCUT2D eigenvalue weighted by Gasteiger charge is -2.57. The molecule has 2 heterocycles. The molecule has 1 aliphatic heterocycles. The van der Waals surface area contributed by atoms with Gasteiger partial charge in [0.1, 0.15) is 28.8 Å². The van der Waals surface area contributed by atoms with E-state index in [1.807, 2.05) is 13.0 Å². The Labute approximate surface area is 193 Å². The van der Waals surface area contributed by atoms with Crippen molar-refractivity contribution >= 4 is 5.78 Å². The number of hydrogen-bond donors (Lipinski definition) is 3. The molecule has 0 bridgehead atoms. The lowest BCUT2D eigenvalue weighted by atomic mass is 9.52. The van der Waals surface area contributed by atoms with Gasteiger partial charge >= 0.3 is 0 Å². The van der Waals surface area contributed by atoms with Crippen molar-refractivity contribution in [3.63, 3.8) is 0 Å². The normalized spacial score (nSPS) is 35.5. The highest BCUT2D eigenvalue weighted by atomic mass is 16.5. The van der Waals surface area contributed by atoms with Gasteiger partial charge in [0.2, 0.25) is 0 Å². The highest BCUT2D eigenvalue weighted by Gasteiger charge is 2.61. The molecule has 5 rings (SSSR count). The van der Waals surface area contributed by atoms with Crippen molar-refractivity contribution in [3.8, 4) is 22.6 Å². The molecule has 0 radical (unpaired) electrons. The maximum atomic E-state index is 14.0. The summed E-state index contributed by atoms with van der Waals surface area (Å²) in [5.74, 6) is 0.0795. The van der Waals surface area contributed by atoms with E-state index in [0.29, 0.717) is 17.0 Å². The van der Waals surface area contributed by atoms with Crippen LogP contribution in [-0.2, 0) is 0 Å². The lowest BCUT2D eigenvalue weighted by molar-refractivity contribution is -0.177. The van der Waals surface area contributed by atoms with E-state index in [9.17, 15) is 19.8 Å². The number of ether oxygens (including phenoxy) is 1. The van der Waals surface area contributed by atoms with Crippen LogP contribution < -0.4 is 10.3 Å². The molecule has 0 amide bonds. The second kappa shape index (κ2) is 7.87. The van der Waals surface area contributed by atoms with Gasteiger partial charge in [0.25, 0.3) is 5.56 Å². The number of aromatic hydroxyl groups is 1. The van der Waals surface area contributed by atoms with Crippen LogP contribution in [0, 0.1) is 29.6 Å². The second-order valence-corrected chi connectivity index (χ2v) is 10.2. The second-order valence-electron chi connectivity index (χ2n) is 10.2. The average Bonchev–Trinajstić information content (AvgIpc) is 2.77. The summed E-state index contributed by atoms with van der Waals surface area (Å²) in [6, 6.07) is 6.52. The number of benzene rings is 1. The summed E-state index contributed by atoms with van der Waals surface area (Å²) in [5, 5.41) is 21.5. The van der Waals surface area contributed by atoms with E-state index in [-0.39, 0.29) is 40.6 Å². The molecule has 0 unspecified atom stereocenters. The van der Waals surface area contributed by atoms with Crippen LogP contribution in [0.2, 0.25) is 0 Å². The molecule has 1 aromatic carbocycles. The zero-order chi connectivity index (χ0) is 23.5. The number of rotatable bonds is 2. The third kappa shape index (κ3) is 3.34. The van der Waals surface area contributed by atoms with E-state index >= 15 is 0 Å². The van der Waals surface area contributed by atoms with Gasteiger partial charge in [-0.25, -0.2) is 0 Å². The number of carbonyl (C=O) groups is 1. The molecule has 2 aromatic rings. The molecule has 2 saturated carbocycles. The van der Waals surface area contributed by atoms with Crippen molar-refractivity contribution in [2.24, 2.45) is 29.6 Å². The van der Waals surface area contributed by atoms with Crippen LogP contribution in [-0.4, -0.2) is 32.7 Å². The minimum Gasteiger partial charge on any atom is -0.508 e. The maximum Gasteiger partial charge on any atom is 0.262 e. The number of carbonyl (C=O) groups excluding carboxylic acids is 1.